The zero-order valence-electron chi connectivity index (χ0n) is 21.3. The molecule has 4 heterocycles. The molecule has 202 valence electrons. The molecule has 0 saturated carbocycles. The van der Waals surface area contributed by atoms with Crippen molar-refractivity contribution in [1.29, 1.82) is 0 Å². The molecular formula is C26H22F2N10O2. The van der Waals surface area contributed by atoms with Crippen molar-refractivity contribution in [3.63, 3.8) is 0 Å². The van der Waals surface area contributed by atoms with Crippen molar-refractivity contribution in [3.8, 4) is 11.5 Å². The number of carbonyl (C=O) groups excluding carboxylic acids is 1. The van der Waals surface area contributed by atoms with E-state index >= 15 is 8.78 Å². The first kappa shape index (κ1) is 25.0. The molecule has 0 bridgehead atoms. The van der Waals surface area contributed by atoms with Crippen molar-refractivity contribution in [3.05, 3.63) is 67.1 Å². The number of hydrogen-bond donors (Lipinski definition) is 1. The van der Waals surface area contributed by atoms with Crippen molar-refractivity contribution in [1.82, 2.24) is 39.8 Å². The normalized spacial score (nSPS) is 13.6. The Hall–Kier alpha value is -5.27. The molecule has 0 atom stereocenters. The number of ether oxygens (including phenoxy) is 1. The van der Waals surface area contributed by atoms with E-state index in [4.69, 9.17) is 4.74 Å². The topological polar surface area (TPSA) is 127 Å². The van der Waals surface area contributed by atoms with Crippen molar-refractivity contribution in [2.45, 2.75) is 0 Å². The number of halogens is 2. The maximum absolute atomic E-state index is 15.1. The van der Waals surface area contributed by atoms with E-state index in [1.165, 1.54) is 18.6 Å². The molecule has 40 heavy (non-hydrogen) atoms. The number of aromatic nitrogens is 7. The lowest BCUT2D eigenvalue weighted by atomic mass is 10.2. The first-order valence-electron chi connectivity index (χ1n) is 12.3. The summed E-state index contributed by atoms with van der Waals surface area (Å²) < 4.78 is 37.3. The first-order chi connectivity index (χ1) is 19.4. The van der Waals surface area contributed by atoms with E-state index in [0.717, 1.165) is 17.6 Å². The third-order valence-corrected chi connectivity index (χ3v) is 6.50. The van der Waals surface area contributed by atoms with Gasteiger partial charge in [-0.2, -0.15) is 0 Å². The Morgan fingerprint density at radius 1 is 1.05 bits per heavy atom. The van der Waals surface area contributed by atoms with Crippen LogP contribution in [0, 0.1) is 11.6 Å². The molecule has 0 aliphatic carbocycles. The van der Waals surface area contributed by atoms with Crippen LogP contribution in [0.4, 0.5) is 26.2 Å². The lowest BCUT2D eigenvalue weighted by Gasteiger charge is -2.34. The highest BCUT2D eigenvalue weighted by Crippen LogP contribution is 2.32. The second-order valence-electron chi connectivity index (χ2n) is 9.00. The number of fused-ring (bicyclic) bond motifs is 2. The molecule has 2 aromatic carbocycles. The van der Waals surface area contributed by atoms with Gasteiger partial charge in [0.05, 0.1) is 17.4 Å². The predicted molar refractivity (Wildman–Crippen MR) is 142 cm³/mol. The number of benzene rings is 2. The highest BCUT2D eigenvalue weighted by molar-refractivity contribution is 5.88. The fourth-order valence-electron chi connectivity index (χ4n) is 4.39. The fraction of sp³-hybridized carbons (Fsp3) is 0.192. The van der Waals surface area contributed by atoms with Crippen LogP contribution >= 0.6 is 0 Å². The Morgan fingerprint density at radius 3 is 2.67 bits per heavy atom. The van der Waals surface area contributed by atoms with E-state index in [9.17, 15) is 4.79 Å². The van der Waals surface area contributed by atoms with Gasteiger partial charge in [-0.1, -0.05) is 11.8 Å². The number of carbonyl (C=O) groups is 1. The van der Waals surface area contributed by atoms with Crippen LogP contribution in [0.3, 0.4) is 0 Å². The van der Waals surface area contributed by atoms with Crippen molar-refractivity contribution in [2.75, 3.05) is 36.4 Å². The van der Waals surface area contributed by atoms with Crippen molar-refractivity contribution >= 4 is 45.4 Å². The van der Waals surface area contributed by atoms with E-state index < -0.39 is 11.6 Å². The Kier molecular flexibility index (Phi) is 6.34. The largest absolute Gasteiger partial charge is 0.454 e. The number of hydrogen-bond acceptors (Lipinski definition) is 10. The molecule has 1 aliphatic heterocycles. The van der Waals surface area contributed by atoms with Gasteiger partial charge in [-0.25, -0.2) is 33.4 Å². The van der Waals surface area contributed by atoms with Crippen LogP contribution in [0.5, 0.6) is 11.5 Å². The van der Waals surface area contributed by atoms with E-state index in [2.05, 4.69) is 42.1 Å². The number of piperazine rings is 1. The molecule has 1 aliphatic rings. The van der Waals surface area contributed by atoms with Gasteiger partial charge in [-0.15, -0.1) is 5.10 Å². The summed E-state index contributed by atoms with van der Waals surface area (Å²) in [6.45, 7) is 5.55. The van der Waals surface area contributed by atoms with Crippen LogP contribution in [-0.2, 0) is 11.8 Å². The van der Waals surface area contributed by atoms with Gasteiger partial charge in [0.1, 0.15) is 28.6 Å². The molecule has 0 spiro atoms. The lowest BCUT2D eigenvalue weighted by molar-refractivity contribution is -0.126. The van der Waals surface area contributed by atoms with Crippen LogP contribution in [-0.4, -0.2) is 71.9 Å². The van der Waals surface area contributed by atoms with E-state index in [1.807, 2.05) is 4.90 Å². The average molecular weight is 545 g/mol. The Bertz CT molecular complexity index is 1770. The first-order valence-corrected chi connectivity index (χ1v) is 12.3. The second-order valence-corrected chi connectivity index (χ2v) is 9.00. The molecule has 0 radical (unpaired) electrons. The summed E-state index contributed by atoms with van der Waals surface area (Å²) in [7, 11) is 1.75. The third-order valence-electron chi connectivity index (χ3n) is 6.50. The van der Waals surface area contributed by atoms with E-state index in [-0.39, 0.29) is 28.9 Å². The van der Waals surface area contributed by atoms with Gasteiger partial charge in [-0.3, -0.25) is 4.79 Å². The zero-order valence-corrected chi connectivity index (χ0v) is 21.3. The SMILES string of the molecule is C=CC(=O)N1CCN(c2ncc3ncnc(Nc4cc(F)c(Oc5ccc6c(c5)nnn6C)cc4F)c3n2)CC1. The summed E-state index contributed by atoms with van der Waals surface area (Å²) in [4.78, 5) is 32.8. The summed E-state index contributed by atoms with van der Waals surface area (Å²) in [6, 6.07) is 6.87. The highest BCUT2D eigenvalue weighted by Gasteiger charge is 2.22. The van der Waals surface area contributed by atoms with Gasteiger partial charge in [0.2, 0.25) is 11.9 Å². The van der Waals surface area contributed by atoms with Gasteiger partial charge in [0.15, 0.2) is 23.2 Å². The van der Waals surface area contributed by atoms with Crippen LogP contribution in [0.25, 0.3) is 22.1 Å². The number of amides is 1. The van der Waals surface area contributed by atoms with Gasteiger partial charge in [0.25, 0.3) is 0 Å². The molecule has 6 rings (SSSR count). The Morgan fingerprint density at radius 2 is 1.88 bits per heavy atom. The van der Waals surface area contributed by atoms with Crippen LogP contribution < -0.4 is 15.0 Å². The minimum atomic E-state index is -0.788. The average Bonchev–Trinajstić information content (AvgIpc) is 3.35. The van der Waals surface area contributed by atoms with Crippen molar-refractivity contribution < 1.29 is 18.3 Å². The Balaban J connectivity index is 1.24. The summed E-state index contributed by atoms with van der Waals surface area (Å²) in [5, 5.41) is 10.7. The molecule has 5 aromatic rings. The number of anilines is 3. The molecular weight excluding hydrogens is 522 g/mol. The quantitative estimate of drug-likeness (QED) is 0.318. The fourth-order valence-corrected chi connectivity index (χ4v) is 4.39. The predicted octanol–water partition coefficient (Wildman–Crippen LogP) is 3.35. The van der Waals surface area contributed by atoms with E-state index in [0.29, 0.717) is 48.7 Å². The molecule has 1 N–H and O–H groups in total. The van der Waals surface area contributed by atoms with Gasteiger partial charge in [-0.05, 0) is 18.2 Å². The molecule has 0 unspecified atom stereocenters. The standard InChI is InChI=1S/C26H22F2N10O2/c1-3-23(39)37-6-8-38(9-7-37)26-29-13-20-24(33-26)25(31-14-30-20)32-18-11-17(28)22(12-16(18)27)40-15-4-5-21-19(10-15)34-35-36(21)2/h3-5,10-14H,1,6-9H2,2H3,(H,30,31,32). The summed E-state index contributed by atoms with van der Waals surface area (Å²) in [5.74, 6) is -1.10. The number of nitrogens with one attached hydrogen (secondary N) is 1. The highest BCUT2D eigenvalue weighted by atomic mass is 19.1. The van der Waals surface area contributed by atoms with Crippen LogP contribution in [0.2, 0.25) is 0 Å². The zero-order chi connectivity index (χ0) is 27.8. The lowest BCUT2D eigenvalue weighted by Crippen LogP contribution is -2.48. The summed E-state index contributed by atoms with van der Waals surface area (Å²) in [6.07, 6.45) is 4.10. The summed E-state index contributed by atoms with van der Waals surface area (Å²) >= 11 is 0. The smallest absolute Gasteiger partial charge is 0.246 e. The molecule has 14 heteroatoms. The van der Waals surface area contributed by atoms with Gasteiger partial charge < -0.3 is 19.9 Å². The molecule has 1 saturated heterocycles. The number of rotatable bonds is 6. The molecule has 3 aromatic heterocycles. The van der Waals surface area contributed by atoms with Crippen LogP contribution in [0.1, 0.15) is 0 Å². The molecule has 1 fully saturated rings. The maximum Gasteiger partial charge on any atom is 0.246 e. The minimum absolute atomic E-state index is 0.129. The van der Waals surface area contributed by atoms with Gasteiger partial charge in [0, 0.05) is 51.4 Å². The maximum atomic E-state index is 15.1. The summed E-state index contributed by atoms with van der Waals surface area (Å²) in [5.41, 5.74) is 1.92. The number of nitrogens with zero attached hydrogens (tertiary/aromatic N) is 9. The third kappa shape index (κ3) is 4.70. The van der Waals surface area contributed by atoms with Crippen LogP contribution in [0.15, 0.2) is 55.5 Å². The monoisotopic (exact) mass is 544 g/mol. The van der Waals surface area contributed by atoms with E-state index in [1.54, 1.807) is 34.8 Å². The Labute approximate surface area is 225 Å². The van der Waals surface area contributed by atoms with Crippen molar-refractivity contribution in [2.24, 2.45) is 7.05 Å². The van der Waals surface area contributed by atoms with Gasteiger partial charge >= 0.3 is 0 Å². The molecule has 1 amide bonds. The second kappa shape index (κ2) is 10.1. The molecule has 12 nitrogen and oxygen atoms in total. The number of aryl methyl sites for hydroxylation is 1. The minimum Gasteiger partial charge on any atom is -0.454 e.